The summed E-state index contributed by atoms with van der Waals surface area (Å²) in [6.45, 7) is 3.62. The van der Waals surface area contributed by atoms with Crippen molar-refractivity contribution in [3.8, 4) is 6.07 Å². The number of hydrogen-bond donors (Lipinski definition) is 2. The number of aromatic nitrogens is 3. The number of pyridine rings is 1. The largest absolute Gasteiger partial charge is 0.373 e. The van der Waals surface area contributed by atoms with Crippen molar-refractivity contribution in [1.29, 1.82) is 5.26 Å². The first-order valence-electron chi connectivity index (χ1n) is 8.09. The molecule has 3 heterocycles. The lowest BCUT2D eigenvalue weighted by Crippen LogP contribution is -2.35. The molecule has 0 saturated carbocycles. The van der Waals surface area contributed by atoms with Crippen LogP contribution in [0.25, 0.3) is 0 Å². The van der Waals surface area contributed by atoms with Gasteiger partial charge < -0.3 is 15.5 Å². The van der Waals surface area contributed by atoms with Crippen molar-refractivity contribution in [3.05, 3.63) is 35.8 Å². The molecule has 1 atom stereocenters. The van der Waals surface area contributed by atoms with Gasteiger partial charge in [-0.25, -0.2) is 15.0 Å². The minimum atomic E-state index is 0.318. The van der Waals surface area contributed by atoms with E-state index in [9.17, 15) is 5.26 Å². The molecule has 0 bridgehead atoms. The number of nitrogens with one attached hydrogen (secondary N) is 2. The van der Waals surface area contributed by atoms with Crippen LogP contribution in [0.15, 0.2) is 24.5 Å². The van der Waals surface area contributed by atoms with Crippen LogP contribution in [0.1, 0.15) is 24.1 Å². The molecular weight excluding hydrogens is 302 g/mol. The zero-order valence-corrected chi connectivity index (χ0v) is 14.0. The van der Waals surface area contributed by atoms with E-state index in [-0.39, 0.29) is 0 Å². The molecule has 0 radical (unpaired) electrons. The molecule has 2 N–H and O–H groups in total. The van der Waals surface area contributed by atoms with Crippen molar-refractivity contribution in [1.82, 2.24) is 15.0 Å². The second-order valence-corrected chi connectivity index (χ2v) is 5.84. The second kappa shape index (κ2) is 7.13. The highest BCUT2D eigenvalue weighted by atomic mass is 15.3. The Labute approximate surface area is 141 Å². The normalized spacial score (nSPS) is 16.7. The molecule has 1 aliphatic heterocycles. The molecule has 1 unspecified atom stereocenters. The van der Waals surface area contributed by atoms with E-state index in [0.717, 1.165) is 43.3 Å². The van der Waals surface area contributed by atoms with Crippen LogP contribution in [0.2, 0.25) is 0 Å². The van der Waals surface area contributed by atoms with Crippen LogP contribution in [0.5, 0.6) is 0 Å². The second-order valence-electron chi connectivity index (χ2n) is 5.84. The molecule has 0 aromatic carbocycles. The van der Waals surface area contributed by atoms with Crippen LogP contribution in [0, 0.1) is 18.3 Å². The number of anilines is 3. The molecule has 124 valence electrons. The molecule has 1 saturated heterocycles. The lowest BCUT2D eigenvalue weighted by molar-refractivity contribution is 0.688. The highest BCUT2D eigenvalue weighted by molar-refractivity contribution is 5.53. The fourth-order valence-corrected chi connectivity index (χ4v) is 2.99. The van der Waals surface area contributed by atoms with Crippen molar-refractivity contribution in [2.75, 3.05) is 35.7 Å². The summed E-state index contributed by atoms with van der Waals surface area (Å²) in [5, 5.41) is 15.6. The maximum atomic E-state index is 9.22. The predicted octanol–water partition coefficient (Wildman–Crippen LogP) is 2.17. The predicted molar refractivity (Wildman–Crippen MR) is 94.1 cm³/mol. The van der Waals surface area contributed by atoms with Gasteiger partial charge in [0.25, 0.3) is 0 Å². The van der Waals surface area contributed by atoms with Crippen LogP contribution >= 0.6 is 0 Å². The fraction of sp³-hybridized carbons (Fsp3) is 0.412. The summed E-state index contributed by atoms with van der Waals surface area (Å²) >= 11 is 0. The van der Waals surface area contributed by atoms with E-state index >= 15 is 0 Å². The van der Waals surface area contributed by atoms with Crippen LogP contribution < -0.4 is 15.5 Å². The molecular formula is C17H21N7. The first-order chi connectivity index (χ1) is 11.7. The molecule has 2 aromatic rings. The van der Waals surface area contributed by atoms with E-state index in [1.807, 2.05) is 26.1 Å². The quantitative estimate of drug-likeness (QED) is 0.871. The van der Waals surface area contributed by atoms with E-state index in [4.69, 9.17) is 0 Å². The fourth-order valence-electron chi connectivity index (χ4n) is 2.99. The molecule has 0 amide bonds. The standard InChI is InChI=1S/C17H21N7/c1-12-5-6-13(9-18)17(23-12)20-10-14-4-3-7-24(14)16-8-15(19-2)21-11-22-16/h5-6,8,11,14H,3-4,7,10H2,1-2H3,(H,20,23)(H,19,21,22). The summed E-state index contributed by atoms with van der Waals surface area (Å²) in [5.41, 5.74) is 1.47. The lowest BCUT2D eigenvalue weighted by atomic mass is 10.2. The monoisotopic (exact) mass is 323 g/mol. The molecule has 3 rings (SSSR count). The van der Waals surface area contributed by atoms with Gasteiger partial charge in [0.1, 0.15) is 29.9 Å². The van der Waals surface area contributed by atoms with Gasteiger partial charge in [-0.2, -0.15) is 5.26 Å². The maximum Gasteiger partial charge on any atom is 0.144 e. The Morgan fingerprint density at radius 3 is 3.04 bits per heavy atom. The molecule has 0 aliphatic carbocycles. The smallest absolute Gasteiger partial charge is 0.144 e. The van der Waals surface area contributed by atoms with Crippen molar-refractivity contribution in [3.63, 3.8) is 0 Å². The van der Waals surface area contributed by atoms with Gasteiger partial charge in [0.2, 0.25) is 0 Å². The third-order valence-electron chi connectivity index (χ3n) is 4.24. The summed E-state index contributed by atoms with van der Waals surface area (Å²) in [4.78, 5) is 15.3. The van der Waals surface area contributed by atoms with Gasteiger partial charge in [-0.15, -0.1) is 0 Å². The number of nitrogens with zero attached hydrogens (tertiary/aromatic N) is 5. The third kappa shape index (κ3) is 3.38. The number of nitriles is 1. The molecule has 7 heteroatoms. The average Bonchev–Trinajstić information content (AvgIpc) is 3.08. The number of aryl methyl sites for hydroxylation is 1. The summed E-state index contributed by atoms with van der Waals surface area (Å²) in [7, 11) is 1.85. The Hall–Kier alpha value is -2.88. The summed E-state index contributed by atoms with van der Waals surface area (Å²) in [6.07, 6.45) is 3.79. The number of rotatable bonds is 5. The summed E-state index contributed by atoms with van der Waals surface area (Å²) in [6, 6.07) is 8.13. The van der Waals surface area contributed by atoms with Crippen molar-refractivity contribution in [2.24, 2.45) is 0 Å². The molecule has 1 aliphatic rings. The first-order valence-corrected chi connectivity index (χ1v) is 8.09. The van der Waals surface area contributed by atoms with E-state index in [0.29, 0.717) is 17.4 Å². The van der Waals surface area contributed by atoms with Gasteiger partial charge in [0, 0.05) is 37.9 Å². The third-order valence-corrected chi connectivity index (χ3v) is 4.24. The van der Waals surface area contributed by atoms with Gasteiger partial charge >= 0.3 is 0 Å². The van der Waals surface area contributed by atoms with E-state index < -0.39 is 0 Å². The van der Waals surface area contributed by atoms with Crippen LogP contribution in [0.3, 0.4) is 0 Å². The maximum absolute atomic E-state index is 9.22. The van der Waals surface area contributed by atoms with E-state index in [2.05, 4.69) is 36.6 Å². The van der Waals surface area contributed by atoms with Crippen molar-refractivity contribution >= 4 is 17.5 Å². The average molecular weight is 323 g/mol. The van der Waals surface area contributed by atoms with Gasteiger partial charge in [0.05, 0.1) is 5.56 Å². The zero-order valence-electron chi connectivity index (χ0n) is 14.0. The topological polar surface area (TPSA) is 89.8 Å². The molecule has 2 aromatic heterocycles. The summed E-state index contributed by atoms with van der Waals surface area (Å²) in [5.74, 6) is 2.39. The Balaban J connectivity index is 1.73. The van der Waals surface area contributed by atoms with Gasteiger partial charge in [-0.1, -0.05) is 0 Å². The Kier molecular flexibility index (Phi) is 4.75. The molecule has 1 fully saturated rings. The van der Waals surface area contributed by atoms with Crippen LogP contribution in [-0.2, 0) is 0 Å². The van der Waals surface area contributed by atoms with E-state index in [1.165, 1.54) is 0 Å². The minimum Gasteiger partial charge on any atom is -0.373 e. The van der Waals surface area contributed by atoms with Crippen LogP contribution in [-0.4, -0.2) is 41.1 Å². The van der Waals surface area contributed by atoms with Crippen molar-refractivity contribution in [2.45, 2.75) is 25.8 Å². The molecule has 24 heavy (non-hydrogen) atoms. The Bertz CT molecular complexity index is 753. The summed E-state index contributed by atoms with van der Waals surface area (Å²) < 4.78 is 0. The van der Waals surface area contributed by atoms with Crippen LogP contribution in [0.4, 0.5) is 17.5 Å². The highest BCUT2D eigenvalue weighted by Crippen LogP contribution is 2.25. The van der Waals surface area contributed by atoms with Gasteiger partial charge in [-0.05, 0) is 31.9 Å². The zero-order chi connectivity index (χ0) is 16.9. The lowest BCUT2D eigenvalue weighted by Gasteiger charge is -2.26. The Morgan fingerprint density at radius 2 is 2.25 bits per heavy atom. The highest BCUT2D eigenvalue weighted by Gasteiger charge is 2.26. The van der Waals surface area contributed by atoms with Gasteiger partial charge in [0.15, 0.2) is 0 Å². The Morgan fingerprint density at radius 1 is 1.38 bits per heavy atom. The van der Waals surface area contributed by atoms with Gasteiger partial charge in [-0.3, -0.25) is 0 Å². The van der Waals surface area contributed by atoms with E-state index in [1.54, 1.807) is 12.4 Å². The first kappa shape index (κ1) is 16.0. The molecule has 0 spiro atoms. The van der Waals surface area contributed by atoms with Crippen molar-refractivity contribution < 1.29 is 0 Å². The number of hydrogen-bond acceptors (Lipinski definition) is 7. The minimum absolute atomic E-state index is 0.318. The SMILES string of the molecule is CNc1cc(N2CCCC2CNc2nc(C)ccc2C#N)ncn1. The molecule has 7 nitrogen and oxygen atoms in total.